The molecule has 0 aliphatic rings. The van der Waals surface area contributed by atoms with Crippen LogP contribution in [0.1, 0.15) is 5.56 Å². The van der Waals surface area contributed by atoms with Crippen LogP contribution in [0.4, 0.5) is 8.78 Å². The molecule has 0 atom stereocenters. The van der Waals surface area contributed by atoms with E-state index in [0.717, 1.165) is 18.2 Å². The van der Waals surface area contributed by atoms with Crippen molar-refractivity contribution in [1.29, 1.82) is 0 Å². The van der Waals surface area contributed by atoms with Crippen molar-refractivity contribution in [3.8, 4) is 11.5 Å². The lowest BCUT2D eigenvalue weighted by Gasteiger charge is -2.09. The minimum atomic E-state index is -0.643. The Labute approximate surface area is 102 Å². The summed E-state index contributed by atoms with van der Waals surface area (Å²) >= 11 is 5.69. The minimum Gasteiger partial charge on any atom is -0.452 e. The average Bonchev–Trinajstić information content (AvgIpc) is 2.34. The maximum absolute atomic E-state index is 13.3. The number of hydrogen-bond donors (Lipinski definition) is 0. The molecule has 0 N–H and O–H groups in total. The molecule has 17 heavy (non-hydrogen) atoms. The highest BCUT2D eigenvalue weighted by Crippen LogP contribution is 2.28. The molecule has 0 amide bonds. The molecule has 2 rings (SSSR count). The van der Waals surface area contributed by atoms with E-state index in [1.807, 2.05) is 0 Å². The fraction of sp³-hybridized carbons (Fsp3) is 0.0833. The molecule has 0 bridgehead atoms. The van der Waals surface area contributed by atoms with Gasteiger partial charge in [-0.2, -0.15) is 0 Å². The van der Waals surface area contributed by atoms with Gasteiger partial charge >= 0.3 is 0 Å². The maximum atomic E-state index is 13.3. The van der Waals surface area contributed by atoms with Crippen LogP contribution in [0.3, 0.4) is 0 Å². The second-order valence-corrected chi connectivity index (χ2v) is 3.56. The number of aromatic nitrogens is 1. The Balaban J connectivity index is 2.34. The fourth-order valence-electron chi connectivity index (χ4n) is 1.28. The Bertz CT molecular complexity index is 534. The SMILES string of the molecule is Fc1ccc(F)c(Oc2cnccc2CCl)c1. The van der Waals surface area contributed by atoms with Gasteiger partial charge in [0.2, 0.25) is 0 Å². The zero-order chi connectivity index (χ0) is 12.3. The predicted molar refractivity (Wildman–Crippen MR) is 60.2 cm³/mol. The van der Waals surface area contributed by atoms with Gasteiger partial charge in [-0.25, -0.2) is 8.78 Å². The van der Waals surface area contributed by atoms with E-state index < -0.39 is 11.6 Å². The van der Waals surface area contributed by atoms with Crippen molar-refractivity contribution in [2.45, 2.75) is 5.88 Å². The van der Waals surface area contributed by atoms with Crippen molar-refractivity contribution in [3.05, 3.63) is 53.9 Å². The number of halogens is 3. The molecule has 0 fully saturated rings. The number of hydrogen-bond acceptors (Lipinski definition) is 2. The third-order valence-corrected chi connectivity index (χ3v) is 2.42. The smallest absolute Gasteiger partial charge is 0.166 e. The Morgan fingerprint density at radius 1 is 1.18 bits per heavy atom. The molecule has 0 saturated carbocycles. The van der Waals surface area contributed by atoms with E-state index in [-0.39, 0.29) is 11.6 Å². The van der Waals surface area contributed by atoms with Crippen molar-refractivity contribution in [1.82, 2.24) is 4.98 Å². The van der Waals surface area contributed by atoms with Gasteiger partial charge in [-0.1, -0.05) is 0 Å². The van der Waals surface area contributed by atoms with Crippen molar-refractivity contribution < 1.29 is 13.5 Å². The lowest BCUT2D eigenvalue weighted by Crippen LogP contribution is -1.93. The summed E-state index contributed by atoms with van der Waals surface area (Å²) < 4.78 is 31.5. The molecule has 0 aliphatic carbocycles. The van der Waals surface area contributed by atoms with E-state index in [0.29, 0.717) is 11.3 Å². The van der Waals surface area contributed by atoms with Gasteiger partial charge in [-0.3, -0.25) is 4.98 Å². The molecule has 0 aliphatic heterocycles. The third-order valence-electron chi connectivity index (χ3n) is 2.13. The quantitative estimate of drug-likeness (QED) is 0.776. The van der Waals surface area contributed by atoms with Gasteiger partial charge in [-0.05, 0) is 18.2 Å². The van der Waals surface area contributed by atoms with Crippen LogP contribution < -0.4 is 4.74 Å². The van der Waals surface area contributed by atoms with Gasteiger partial charge in [0.25, 0.3) is 0 Å². The van der Waals surface area contributed by atoms with Crippen molar-refractivity contribution in [3.63, 3.8) is 0 Å². The highest BCUT2D eigenvalue weighted by Gasteiger charge is 2.09. The van der Waals surface area contributed by atoms with E-state index in [2.05, 4.69) is 4.98 Å². The normalized spacial score (nSPS) is 10.3. The average molecular weight is 256 g/mol. The van der Waals surface area contributed by atoms with Crippen LogP contribution in [0.5, 0.6) is 11.5 Å². The summed E-state index contributed by atoms with van der Waals surface area (Å²) in [5.41, 5.74) is 0.658. The predicted octanol–water partition coefficient (Wildman–Crippen LogP) is 3.89. The molecule has 0 saturated heterocycles. The Morgan fingerprint density at radius 3 is 2.76 bits per heavy atom. The largest absolute Gasteiger partial charge is 0.452 e. The molecule has 2 nitrogen and oxygen atoms in total. The topological polar surface area (TPSA) is 22.1 Å². The van der Waals surface area contributed by atoms with Gasteiger partial charge in [0.05, 0.1) is 12.1 Å². The van der Waals surface area contributed by atoms with Crippen molar-refractivity contribution in [2.24, 2.45) is 0 Å². The van der Waals surface area contributed by atoms with E-state index in [9.17, 15) is 8.78 Å². The molecule has 1 aromatic carbocycles. The highest BCUT2D eigenvalue weighted by molar-refractivity contribution is 6.17. The molecule has 0 radical (unpaired) electrons. The summed E-state index contributed by atoms with van der Waals surface area (Å²) in [6, 6.07) is 4.65. The van der Waals surface area contributed by atoms with Crippen molar-refractivity contribution >= 4 is 11.6 Å². The number of nitrogens with zero attached hydrogens (tertiary/aromatic N) is 1. The summed E-state index contributed by atoms with van der Waals surface area (Å²) in [6.07, 6.45) is 2.95. The monoisotopic (exact) mass is 255 g/mol. The first-order valence-corrected chi connectivity index (χ1v) is 5.36. The van der Waals surface area contributed by atoms with Gasteiger partial charge in [0, 0.05) is 17.8 Å². The zero-order valence-electron chi connectivity index (χ0n) is 8.66. The summed E-state index contributed by atoms with van der Waals surface area (Å²) in [4.78, 5) is 3.84. The molecular formula is C12H8ClF2NO. The molecule has 0 unspecified atom stereocenters. The first kappa shape index (κ1) is 11.8. The zero-order valence-corrected chi connectivity index (χ0v) is 9.42. The Morgan fingerprint density at radius 2 is 2.00 bits per heavy atom. The molecule has 1 aromatic heterocycles. The molecule has 2 aromatic rings. The molecule has 5 heteroatoms. The first-order valence-electron chi connectivity index (χ1n) is 4.82. The van der Waals surface area contributed by atoms with Gasteiger partial charge < -0.3 is 4.74 Å². The Hall–Kier alpha value is -1.68. The standard InChI is InChI=1S/C12H8ClF2NO/c13-6-8-3-4-16-7-12(8)17-11-5-9(14)1-2-10(11)15/h1-5,7H,6H2. The van der Waals surface area contributed by atoms with Crippen LogP contribution in [0.25, 0.3) is 0 Å². The second kappa shape index (κ2) is 5.10. The highest BCUT2D eigenvalue weighted by atomic mass is 35.5. The van der Waals surface area contributed by atoms with Crippen LogP contribution in [0, 0.1) is 11.6 Å². The lowest BCUT2D eigenvalue weighted by molar-refractivity contribution is 0.432. The van der Waals surface area contributed by atoms with Gasteiger partial charge in [0.1, 0.15) is 11.6 Å². The number of pyridine rings is 1. The van der Waals surface area contributed by atoms with E-state index in [4.69, 9.17) is 16.3 Å². The Kier molecular flexibility index (Phi) is 3.54. The summed E-state index contributed by atoms with van der Waals surface area (Å²) in [5, 5.41) is 0. The molecule has 1 heterocycles. The number of alkyl halides is 1. The van der Waals surface area contributed by atoms with Crippen LogP contribution in [-0.2, 0) is 5.88 Å². The second-order valence-electron chi connectivity index (χ2n) is 3.29. The van der Waals surface area contributed by atoms with E-state index >= 15 is 0 Å². The summed E-state index contributed by atoms with van der Waals surface area (Å²) in [6.45, 7) is 0. The maximum Gasteiger partial charge on any atom is 0.166 e. The number of rotatable bonds is 3. The fourth-order valence-corrected chi connectivity index (χ4v) is 1.51. The van der Waals surface area contributed by atoms with Gasteiger partial charge in [-0.15, -0.1) is 11.6 Å². The van der Waals surface area contributed by atoms with Crippen LogP contribution in [0.15, 0.2) is 36.7 Å². The van der Waals surface area contributed by atoms with Crippen LogP contribution in [0.2, 0.25) is 0 Å². The molecular weight excluding hydrogens is 248 g/mol. The van der Waals surface area contributed by atoms with Crippen molar-refractivity contribution in [2.75, 3.05) is 0 Å². The number of ether oxygens (including phenoxy) is 1. The van der Waals surface area contributed by atoms with Crippen LogP contribution in [-0.4, -0.2) is 4.98 Å². The third kappa shape index (κ3) is 2.71. The van der Waals surface area contributed by atoms with Gasteiger partial charge in [0.15, 0.2) is 11.6 Å². The van der Waals surface area contributed by atoms with E-state index in [1.165, 1.54) is 6.20 Å². The first-order chi connectivity index (χ1) is 8.20. The minimum absolute atomic E-state index is 0.190. The number of benzene rings is 1. The molecule has 88 valence electrons. The van der Waals surface area contributed by atoms with E-state index in [1.54, 1.807) is 12.3 Å². The van der Waals surface area contributed by atoms with Crippen LogP contribution >= 0.6 is 11.6 Å². The summed E-state index contributed by atoms with van der Waals surface area (Å²) in [5.74, 6) is -0.890. The lowest BCUT2D eigenvalue weighted by atomic mass is 10.2. The summed E-state index contributed by atoms with van der Waals surface area (Å²) in [7, 11) is 0. The molecule has 0 spiro atoms.